The lowest BCUT2D eigenvalue weighted by Gasteiger charge is -2.24. The maximum absolute atomic E-state index is 13.6. The Kier molecular flexibility index (Phi) is 10.4. The van der Waals surface area contributed by atoms with Gasteiger partial charge in [0.25, 0.3) is 5.91 Å². The molecule has 34 heavy (non-hydrogen) atoms. The van der Waals surface area contributed by atoms with E-state index in [9.17, 15) is 4.79 Å². The quantitative estimate of drug-likeness (QED) is 0.406. The molecule has 1 saturated heterocycles. The summed E-state index contributed by atoms with van der Waals surface area (Å²) in [6.07, 6.45) is 3.93. The molecule has 1 aliphatic heterocycles. The fourth-order valence-electron chi connectivity index (χ4n) is 4.35. The number of piperidine rings is 1. The van der Waals surface area contributed by atoms with Crippen molar-refractivity contribution in [3.05, 3.63) is 65.9 Å². The molecule has 0 aliphatic carbocycles. The van der Waals surface area contributed by atoms with E-state index in [1.807, 2.05) is 62.4 Å². The van der Waals surface area contributed by atoms with Crippen LogP contribution in [0.2, 0.25) is 0 Å². The van der Waals surface area contributed by atoms with E-state index in [4.69, 9.17) is 9.47 Å². The van der Waals surface area contributed by atoms with E-state index in [0.717, 1.165) is 61.8 Å². The largest absolute Gasteiger partial charge is 0.486 e. The zero-order valence-electron chi connectivity index (χ0n) is 20.8. The van der Waals surface area contributed by atoms with Crippen LogP contribution in [-0.2, 0) is 17.9 Å². The van der Waals surface area contributed by atoms with E-state index in [2.05, 4.69) is 21.3 Å². The van der Waals surface area contributed by atoms with Gasteiger partial charge in [0.15, 0.2) is 11.4 Å². The van der Waals surface area contributed by atoms with Crippen LogP contribution in [0.25, 0.3) is 10.9 Å². The first-order valence-corrected chi connectivity index (χ1v) is 12.6. The van der Waals surface area contributed by atoms with Crippen LogP contribution in [0.4, 0.5) is 0 Å². The van der Waals surface area contributed by atoms with Gasteiger partial charge in [0.1, 0.15) is 6.61 Å². The van der Waals surface area contributed by atoms with Crippen LogP contribution in [0.5, 0.6) is 5.75 Å². The van der Waals surface area contributed by atoms with E-state index in [1.54, 1.807) is 7.11 Å². The van der Waals surface area contributed by atoms with Crippen LogP contribution in [-0.4, -0.2) is 43.3 Å². The first-order chi connectivity index (χ1) is 16.8. The van der Waals surface area contributed by atoms with Crippen molar-refractivity contribution in [1.29, 1.82) is 0 Å². The third-order valence-electron chi connectivity index (χ3n) is 5.98. The van der Waals surface area contributed by atoms with Gasteiger partial charge in [-0.15, -0.1) is 0 Å². The number of fused-ring (bicyclic) bond motifs is 1. The molecule has 1 aromatic heterocycles. The highest BCUT2D eigenvalue weighted by atomic mass is 16.5. The molecule has 0 spiro atoms. The molecule has 3 aromatic rings. The summed E-state index contributed by atoms with van der Waals surface area (Å²) in [6.45, 7) is 7.69. The Balaban J connectivity index is 0.00000158. The first kappa shape index (κ1) is 25.8. The number of aromatic nitrogens is 1. The maximum Gasteiger partial charge on any atom is 0.272 e. The molecule has 1 fully saturated rings. The number of nitrogens with zero attached hydrogens (tertiary/aromatic N) is 1. The summed E-state index contributed by atoms with van der Waals surface area (Å²) < 4.78 is 13.7. The SMILES string of the molecule is CC.COCCCCn1c(C(=O)N[C@@H]2CCCNC2)c(OCc2ccccc2)c2ccccc21. The molecule has 2 N–H and O–H groups in total. The van der Waals surface area contributed by atoms with Crippen LogP contribution in [0, 0.1) is 0 Å². The second-order valence-electron chi connectivity index (χ2n) is 8.34. The highest BCUT2D eigenvalue weighted by molar-refractivity contribution is 6.04. The molecule has 0 unspecified atom stereocenters. The number of methoxy groups -OCH3 is 1. The zero-order chi connectivity index (χ0) is 24.2. The Labute approximate surface area is 203 Å². The molecule has 1 amide bonds. The highest BCUT2D eigenvalue weighted by Gasteiger charge is 2.26. The first-order valence-electron chi connectivity index (χ1n) is 12.6. The Morgan fingerprint density at radius 3 is 2.59 bits per heavy atom. The number of para-hydroxylation sites is 1. The van der Waals surface area contributed by atoms with Crippen molar-refractivity contribution in [2.45, 2.75) is 58.7 Å². The van der Waals surface area contributed by atoms with Gasteiger partial charge < -0.3 is 24.7 Å². The van der Waals surface area contributed by atoms with E-state index in [-0.39, 0.29) is 11.9 Å². The average Bonchev–Trinajstić information content (AvgIpc) is 3.21. The van der Waals surface area contributed by atoms with Gasteiger partial charge in [-0.1, -0.05) is 56.3 Å². The fourth-order valence-corrected chi connectivity index (χ4v) is 4.35. The molecular weight excluding hydrogens is 426 g/mol. The molecule has 0 bridgehead atoms. The second kappa shape index (κ2) is 13.8. The Bertz CT molecular complexity index is 1010. The van der Waals surface area contributed by atoms with E-state index >= 15 is 0 Å². The molecular formula is C28H39N3O3. The highest BCUT2D eigenvalue weighted by Crippen LogP contribution is 2.34. The summed E-state index contributed by atoms with van der Waals surface area (Å²) >= 11 is 0. The number of aryl methyl sites for hydroxylation is 1. The summed E-state index contributed by atoms with van der Waals surface area (Å²) in [5, 5.41) is 7.60. The molecule has 0 radical (unpaired) electrons. The summed E-state index contributed by atoms with van der Waals surface area (Å²) in [5.74, 6) is 0.599. The number of unbranched alkanes of at least 4 members (excludes halogenated alkanes) is 1. The number of carbonyl (C=O) groups excluding carboxylic acids is 1. The van der Waals surface area contributed by atoms with Gasteiger partial charge in [-0.3, -0.25) is 4.79 Å². The topological polar surface area (TPSA) is 64.5 Å². The van der Waals surface area contributed by atoms with Crippen LogP contribution in [0.1, 0.15) is 55.6 Å². The number of amides is 1. The van der Waals surface area contributed by atoms with Gasteiger partial charge in [-0.2, -0.15) is 0 Å². The lowest BCUT2D eigenvalue weighted by Crippen LogP contribution is -2.46. The van der Waals surface area contributed by atoms with Gasteiger partial charge in [0.2, 0.25) is 0 Å². The molecule has 1 atom stereocenters. The van der Waals surface area contributed by atoms with Crippen molar-refractivity contribution < 1.29 is 14.3 Å². The summed E-state index contributed by atoms with van der Waals surface area (Å²) in [7, 11) is 1.72. The molecule has 1 aliphatic rings. The predicted molar refractivity (Wildman–Crippen MR) is 139 cm³/mol. The molecule has 184 valence electrons. The Morgan fingerprint density at radius 2 is 1.85 bits per heavy atom. The number of hydrogen-bond donors (Lipinski definition) is 2. The van der Waals surface area contributed by atoms with Crippen LogP contribution < -0.4 is 15.4 Å². The van der Waals surface area contributed by atoms with Crippen molar-refractivity contribution >= 4 is 16.8 Å². The third-order valence-corrected chi connectivity index (χ3v) is 5.98. The monoisotopic (exact) mass is 465 g/mol. The summed E-state index contributed by atoms with van der Waals surface area (Å²) in [6, 6.07) is 18.3. The van der Waals surface area contributed by atoms with Crippen LogP contribution in [0.3, 0.4) is 0 Å². The number of hydrogen-bond acceptors (Lipinski definition) is 4. The summed E-state index contributed by atoms with van der Waals surface area (Å²) in [4.78, 5) is 13.6. The van der Waals surface area contributed by atoms with Gasteiger partial charge in [0.05, 0.1) is 5.52 Å². The van der Waals surface area contributed by atoms with Crippen molar-refractivity contribution in [2.24, 2.45) is 0 Å². The Morgan fingerprint density at radius 1 is 1.09 bits per heavy atom. The third kappa shape index (κ3) is 6.61. The average molecular weight is 466 g/mol. The lowest BCUT2D eigenvalue weighted by atomic mass is 10.1. The van der Waals surface area contributed by atoms with Crippen molar-refractivity contribution in [3.8, 4) is 5.75 Å². The minimum absolute atomic E-state index is 0.0651. The van der Waals surface area contributed by atoms with Gasteiger partial charge >= 0.3 is 0 Å². The second-order valence-corrected chi connectivity index (χ2v) is 8.34. The number of carbonyl (C=O) groups is 1. The molecule has 2 aromatic carbocycles. The number of rotatable bonds is 10. The van der Waals surface area contributed by atoms with E-state index in [1.165, 1.54) is 0 Å². The van der Waals surface area contributed by atoms with Crippen molar-refractivity contribution in [2.75, 3.05) is 26.8 Å². The maximum atomic E-state index is 13.6. The minimum atomic E-state index is -0.0651. The summed E-state index contributed by atoms with van der Waals surface area (Å²) in [5.41, 5.74) is 2.72. The predicted octanol–water partition coefficient (Wildman–Crippen LogP) is 5.15. The van der Waals surface area contributed by atoms with Crippen molar-refractivity contribution in [1.82, 2.24) is 15.2 Å². The van der Waals surface area contributed by atoms with Gasteiger partial charge in [-0.25, -0.2) is 0 Å². The lowest BCUT2D eigenvalue weighted by molar-refractivity contribution is 0.0916. The molecule has 0 saturated carbocycles. The van der Waals surface area contributed by atoms with Gasteiger partial charge in [-0.05, 0) is 49.9 Å². The minimum Gasteiger partial charge on any atom is -0.486 e. The smallest absolute Gasteiger partial charge is 0.272 e. The fraction of sp³-hybridized carbons (Fsp3) is 0.464. The molecule has 6 nitrogen and oxygen atoms in total. The molecule has 6 heteroatoms. The van der Waals surface area contributed by atoms with E-state index < -0.39 is 0 Å². The number of ether oxygens (including phenoxy) is 2. The van der Waals surface area contributed by atoms with Crippen molar-refractivity contribution in [3.63, 3.8) is 0 Å². The van der Waals surface area contributed by atoms with Crippen LogP contribution in [0.15, 0.2) is 54.6 Å². The van der Waals surface area contributed by atoms with Crippen LogP contribution >= 0.6 is 0 Å². The van der Waals surface area contributed by atoms with E-state index in [0.29, 0.717) is 24.7 Å². The van der Waals surface area contributed by atoms with Gasteiger partial charge in [0, 0.05) is 38.2 Å². The molecule has 2 heterocycles. The normalized spacial score (nSPS) is 15.4. The number of benzene rings is 2. The molecule has 4 rings (SSSR count). The standard InChI is InChI=1S/C26H33N3O3.C2H6/c1-31-17-8-7-16-29-23-14-6-5-13-22(23)25(32-19-20-10-3-2-4-11-20)24(29)26(30)28-21-12-9-15-27-18-21;1-2/h2-6,10-11,13-14,21,27H,7-9,12,15-19H2,1H3,(H,28,30);1-2H3/t21-;/m1./s1. The zero-order valence-corrected chi connectivity index (χ0v) is 20.8. The Hall–Kier alpha value is -2.83. The number of nitrogens with one attached hydrogen (secondary N) is 2.